The molecule has 0 aliphatic carbocycles. The number of hydrogen-bond acceptors (Lipinski definition) is 5. The number of nitrogens with zero attached hydrogens (tertiary/aromatic N) is 1. The van der Waals surface area contributed by atoms with Gasteiger partial charge in [-0.15, -0.1) is 11.3 Å². The number of thiophene rings is 1. The van der Waals surface area contributed by atoms with Crippen LogP contribution in [0.15, 0.2) is 6.07 Å². The van der Waals surface area contributed by atoms with Gasteiger partial charge in [0, 0.05) is 18.0 Å². The Hall–Kier alpha value is -0.630. The number of fused-ring (bicyclic) bond motifs is 1. The maximum absolute atomic E-state index is 11.6. The third kappa shape index (κ3) is 4.01. The van der Waals surface area contributed by atoms with Crippen molar-refractivity contribution >= 4 is 21.4 Å². The van der Waals surface area contributed by atoms with E-state index in [0.717, 1.165) is 49.1 Å². The summed E-state index contributed by atoms with van der Waals surface area (Å²) in [6, 6.07) is 2.02. The molecular formula is C15H24N2O3S2. The second-order valence-corrected chi connectivity index (χ2v) is 9.29. The minimum Gasteiger partial charge on any atom is -0.484 e. The fraction of sp³-hybridized carbons (Fsp3) is 0.733. The van der Waals surface area contributed by atoms with Crippen molar-refractivity contribution in [3.05, 3.63) is 16.5 Å². The highest BCUT2D eigenvalue weighted by atomic mass is 32.2. The van der Waals surface area contributed by atoms with E-state index in [1.54, 1.807) is 15.6 Å². The van der Waals surface area contributed by atoms with Crippen LogP contribution in [0.4, 0.5) is 0 Å². The van der Waals surface area contributed by atoms with Crippen LogP contribution in [-0.4, -0.2) is 45.2 Å². The van der Waals surface area contributed by atoms with Crippen LogP contribution in [0, 0.1) is 5.92 Å². The van der Waals surface area contributed by atoms with Crippen molar-refractivity contribution in [3.63, 3.8) is 0 Å². The van der Waals surface area contributed by atoms with Gasteiger partial charge in [-0.1, -0.05) is 0 Å². The lowest BCUT2D eigenvalue weighted by Gasteiger charge is -2.24. The van der Waals surface area contributed by atoms with Gasteiger partial charge in [-0.25, -0.2) is 8.42 Å². The SMILES string of the molecule is CS(=O)(=O)N1CCc2sc(OCCCC3CCNC3)cc2C1. The summed E-state index contributed by atoms with van der Waals surface area (Å²) in [6.45, 7) is 4.13. The van der Waals surface area contributed by atoms with Crippen LogP contribution in [0.5, 0.6) is 5.06 Å². The zero-order valence-corrected chi connectivity index (χ0v) is 14.6. The fourth-order valence-electron chi connectivity index (χ4n) is 3.14. The van der Waals surface area contributed by atoms with Gasteiger partial charge in [0.25, 0.3) is 0 Å². The van der Waals surface area contributed by atoms with Gasteiger partial charge in [-0.05, 0) is 56.3 Å². The molecule has 124 valence electrons. The minimum atomic E-state index is -3.10. The first-order valence-electron chi connectivity index (χ1n) is 7.92. The molecule has 5 nitrogen and oxygen atoms in total. The lowest BCUT2D eigenvalue weighted by atomic mass is 10.0. The van der Waals surface area contributed by atoms with Gasteiger partial charge in [-0.2, -0.15) is 4.31 Å². The van der Waals surface area contributed by atoms with Crippen LogP contribution in [0.1, 0.15) is 29.7 Å². The van der Waals surface area contributed by atoms with E-state index in [9.17, 15) is 8.42 Å². The number of ether oxygens (including phenoxy) is 1. The maximum atomic E-state index is 11.6. The summed E-state index contributed by atoms with van der Waals surface area (Å²) >= 11 is 1.67. The molecule has 1 saturated heterocycles. The van der Waals surface area contributed by atoms with Gasteiger partial charge >= 0.3 is 0 Å². The van der Waals surface area contributed by atoms with Gasteiger partial charge in [0.1, 0.15) is 0 Å². The average molecular weight is 345 g/mol. The molecule has 0 aromatic carbocycles. The van der Waals surface area contributed by atoms with E-state index in [4.69, 9.17) is 4.74 Å². The Morgan fingerprint density at radius 1 is 1.50 bits per heavy atom. The second kappa shape index (κ2) is 6.86. The minimum absolute atomic E-state index is 0.488. The van der Waals surface area contributed by atoms with Gasteiger partial charge in [0.2, 0.25) is 10.0 Å². The third-order valence-electron chi connectivity index (χ3n) is 4.44. The van der Waals surface area contributed by atoms with E-state index < -0.39 is 10.0 Å². The Morgan fingerprint density at radius 3 is 3.09 bits per heavy atom. The molecule has 0 radical (unpaired) electrons. The van der Waals surface area contributed by atoms with Crippen molar-refractivity contribution in [2.75, 3.05) is 32.5 Å². The van der Waals surface area contributed by atoms with Crippen molar-refractivity contribution in [2.45, 2.75) is 32.2 Å². The number of nitrogens with one attached hydrogen (secondary N) is 1. The van der Waals surface area contributed by atoms with E-state index in [2.05, 4.69) is 5.32 Å². The largest absolute Gasteiger partial charge is 0.484 e. The first-order valence-corrected chi connectivity index (χ1v) is 10.6. The summed E-state index contributed by atoms with van der Waals surface area (Å²) in [5.74, 6) is 0.809. The quantitative estimate of drug-likeness (QED) is 0.800. The Balaban J connectivity index is 1.49. The first-order chi connectivity index (χ1) is 10.5. The van der Waals surface area contributed by atoms with Crippen LogP contribution in [0.25, 0.3) is 0 Å². The van der Waals surface area contributed by atoms with Gasteiger partial charge < -0.3 is 10.1 Å². The van der Waals surface area contributed by atoms with Crippen molar-refractivity contribution < 1.29 is 13.2 Å². The molecule has 3 heterocycles. The first kappa shape index (κ1) is 16.2. The summed E-state index contributed by atoms with van der Waals surface area (Å²) in [5, 5.41) is 4.32. The van der Waals surface area contributed by atoms with Crippen molar-refractivity contribution in [3.8, 4) is 5.06 Å². The Labute approximate surface area is 136 Å². The summed E-state index contributed by atoms with van der Waals surface area (Å²) in [7, 11) is -3.10. The standard InChI is InChI=1S/C15H24N2O3S2/c1-22(18,19)17-7-5-14-13(11-17)9-15(21-14)20-8-2-3-12-4-6-16-10-12/h9,12,16H,2-8,10-11H2,1H3. The van der Waals surface area contributed by atoms with Crippen LogP contribution >= 0.6 is 11.3 Å². The van der Waals surface area contributed by atoms with Crippen LogP contribution < -0.4 is 10.1 Å². The summed E-state index contributed by atoms with van der Waals surface area (Å²) in [4.78, 5) is 1.27. The van der Waals surface area contributed by atoms with Crippen molar-refractivity contribution in [1.82, 2.24) is 9.62 Å². The highest BCUT2D eigenvalue weighted by Gasteiger charge is 2.25. The van der Waals surface area contributed by atoms with E-state index in [1.807, 2.05) is 6.07 Å². The average Bonchev–Trinajstić information content (AvgIpc) is 3.10. The van der Waals surface area contributed by atoms with Crippen LogP contribution in [0.2, 0.25) is 0 Å². The zero-order chi connectivity index (χ0) is 15.6. The molecule has 2 aliphatic heterocycles. The maximum Gasteiger partial charge on any atom is 0.211 e. The predicted octanol–water partition coefficient (Wildman–Crippen LogP) is 1.83. The molecule has 2 aliphatic rings. The van der Waals surface area contributed by atoms with Crippen molar-refractivity contribution in [1.29, 1.82) is 0 Å². The second-order valence-electron chi connectivity index (χ2n) is 6.21. The monoisotopic (exact) mass is 344 g/mol. The molecule has 0 saturated carbocycles. The normalized spacial score (nSPS) is 22.7. The molecule has 1 fully saturated rings. The van der Waals surface area contributed by atoms with E-state index in [0.29, 0.717) is 13.1 Å². The molecule has 22 heavy (non-hydrogen) atoms. The summed E-state index contributed by atoms with van der Waals surface area (Å²) in [5.41, 5.74) is 1.11. The molecule has 0 spiro atoms. The molecule has 3 rings (SSSR count). The van der Waals surface area contributed by atoms with E-state index >= 15 is 0 Å². The summed E-state index contributed by atoms with van der Waals surface area (Å²) < 4.78 is 30.7. The third-order valence-corrected chi connectivity index (χ3v) is 6.84. The molecule has 0 amide bonds. The molecule has 7 heteroatoms. The fourth-order valence-corrected chi connectivity index (χ4v) is 4.97. The molecule has 1 aromatic heterocycles. The Morgan fingerprint density at radius 2 is 2.36 bits per heavy atom. The lowest BCUT2D eigenvalue weighted by Crippen LogP contribution is -2.34. The Bertz CT molecular complexity index is 606. The highest BCUT2D eigenvalue weighted by molar-refractivity contribution is 7.88. The Kier molecular flexibility index (Phi) is 5.07. The molecule has 1 atom stereocenters. The van der Waals surface area contributed by atoms with Crippen molar-refractivity contribution in [2.24, 2.45) is 5.92 Å². The van der Waals surface area contributed by atoms with E-state index in [1.165, 1.54) is 24.0 Å². The molecule has 1 unspecified atom stereocenters. The smallest absolute Gasteiger partial charge is 0.211 e. The van der Waals surface area contributed by atoms with Gasteiger partial charge in [0.15, 0.2) is 5.06 Å². The highest BCUT2D eigenvalue weighted by Crippen LogP contribution is 2.34. The topological polar surface area (TPSA) is 58.6 Å². The van der Waals surface area contributed by atoms with Gasteiger partial charge in [-0.3, -0.25) is 0 Å². The molecule has 1 aromatic rings. The van der Waals surface area contributed by atoms with E-state index in [-0.39, 0.29) is 0 Å². The van der Waals surface area contributed by atoms with Gasteiger partial charge in [0.05, 0.1) is 12.9 Å². The number of sulfonamides is 1. The number of hydrogen-bond donors (Lipinski definition) is 1. The predicted molar refractivity (Wildman–Crippen MR) is 89.0 cm³/mol. The molecule has 0 bridgehead atoms. The molecule has 1 N–H and O–H groups in total. The van der Waals surface area contributed by atoms with Crippen LogP contribution in [0.3, 0.4) is 0 Å². The molecular weight excluding hydrogens is 320 g/mol. The van der Waals surface area contributed by atoms with Crippen LogP contribution in [-0.2, 0) is 23.0 Å². The summed E-state index contributed by atoms with van der Waals surface area (Å²) in [6.07, 6.45) is 5.67. The lowest BCUT2D eigenvalue weighted by molar-refractivity contribution is 0.302. The number of rotatable bonds is 6. The zero-order valence-electron chi connectivity index (χ0n) is 13.0.